The van der Waals surface area contributed by atoms with Gasteiger partial charge in [0.15, 0.2) is 0 Å². The van der Waals surface area contributed by atoms with Gasteiger partial charge in [0.1, 0.15) is 4.90 Å². The van der Waals surface area contributed by atoms with E-state index in [1.165, 1.54) is 16.4 Å². The largest absolute Gasteiger partial charge is 0.277 e. The molecule has 8 nitrogen and oxygen atoms in total. The quantitative estimate of drug-likeness (QED) is 0.395. The molecule has 0 aromatic heterocycles. The molecule has 0 bridgehead atoms. The number of aryl methyl sites for hydroxylation is 2. The van der Waals surface area contributed by atoms with Crippen molar-refractivity contribution in [2.45, 2.75) is 39.5 Å². The van der Waals surface area contributed by atoms with Crippen molar-refractivity contribution in [1.82, 2.24) is 4.31 Å². The minimum Gasteiger partial charge on any atom is -0.277 e. The zero-order valence-electron chi connectivity index (χ0n) is 17.3. The topological polar surface area (TPSA) is 105 Å². The highest BCUT2D eigenvalue weighted by molar-refractivity contribution is 7.89. The van der Waals surface area contributed by atoms with Crippen LogP contribution in [0.3, 0.4) is 0 Å². The molecule has 1 N–H and O–H groups in total. The second-order valence-corrected chi connectivity index (χ2v) is 8.54. The molecule has 0 heterocycles. The van der Waals surface area contributed by atoms with Crippen molar-refractivity contribution in [3.05, 3.63) is 63.2 Å². The molecular weight excluding hydrogens is 392 g/mol. The second-order valence-electron chi connectivity index (χ2n) is 6.63. The lowest BCUT2D eigenvalue weighted by Crippen LogP contribution is -2.31. The van der Waals surface area contributed by atoms with E-state index in [0.717, 1.165) is 22.8 Å². The van der Waals surface area contributed by atoms with Crippen molar-refractivity contribution in [2.75, 3.05) is 18.5 Å². The van der Waals surface area contributed by atoms with Crippen molar-refractivity contribution in [3.63, 3.8) is 0 Å². The van der Waals surface area contributed by atoms with Crippen LogP contribution in [0.25, 0.3) is 0 Å². The number of benzene rings is 2. The molecule has 0 spiro atoms. The molecule has 0 aliphatic heterocycles. The summed E-state index contributed by atoms with van der Waals surface area (Å²) in [6.07, 6.45) is 0. The van der Waals surface area contributed by atoms with Gasteiger partial charge in [-0.25, -0.2) is 8.42 Å². The van der Waals surface area contributed by atoms with Gasteiger partial charge in [0.05, 0.1) is 16.3 Å². The van der Waals surface area contributed by atoms with E-state index in [1.54, 1.807) is 20.8 Å². The Hall–Kier alpha value is -2.78. The first-order chi connectivity index (χ1) is 13.6. The third-order valence-corrected chi connectivity index (χ3v) is 6.86. The lowest BCUT2D eigenvalue weighted by atomic mass is 10.0. The first-order valence-corrected chi connectivity index (χ1v) is 10.7. The molecule has 2 rings (SSSR count). The summed E-state index contributed by atoms with van der Waals surface area (Å²) < 4.78 is 27.3. The number of nitrogens with one attached hydrogen (secondary N) is 1. The number of anilines is 1. The second kappa shape index (κ2) is 9.15. The summed E-state index contributed by atoms with van der Waals surface area (Å²) in [5, 5.41) is 15.5. The van der Waals surface area contributed by atoms with Crippen molar-refractivity contribution < 1.29 is 13.3 Å². The maximum Gasteiger partial charge on any atom is 0.270 e. The van der Waals surface area contributed by atoms with Crippen LogP contribution in [0.4, 0.5) is 11.4 Å². The molecule has 156 valence electrons. The van der Waals surface area contributed by atoms with E-state index in [-0.39, 0.29) is 29.4 Å². The number of nitrogens with zero attached hydrogens (tertiary/aromatic N) is 3. The molecule has 2 aromatic rings. The Labute approximate surface area is 171 Å². The molecule has 0 atom stereocenters. The standard InChI is InChI=1S/C20H26N4O4S/c1-6-23(7-2)29(27,28)20-13-18(24(25)26)10-11-19(20)22-21-16(5)17-9-8-14(3)15(4)12-17/h8-13,22H,6-7H2,1-5H3/b21-16-. The normalized spacial score (nSPS) is 12.3. The van der Waals surface area contributed by atoms with Crippen LogP contribution >= 0.6 is 0 Å². The molecular formula is C20H26N4O4S. The summed E-state index contributed by atoms with van der Waals surface area (Å²) in [4.78, 5) is 10.4. The summed E-state index contributed by atoms with van der Waals surface area (Å²) >= 11 is 0. The van der Waals surface area contributed by atoms with Gasteiger partial charge >= 0.3 is 0 Å². The predicted octanol–water partition coefficient (Wildman–Crippen LogP) is 4.08. The van der Waals surface area contributed by atoms with Crippen molar-refractivity contribution >= 4 is 27.1 Å². The van der Waals surface area contributed by atoms with Crippen LogP contribution in [-0.4, -0.2) is 36.4 Å². The Bertz CT molecular complexity index is 1040. The maximum atomic E-state index is 13.0. The van der Waals surface area contributed by atoms with E-state index >= 15 is 0 Å². The average Bonchev–Trinajstić information content (AvgIpc) is 2.68. The van der Waals surface area contributed by atoms with Gasteiger partial charge < -0.3 is 0 Å². The number of rotatable bonds is 8. The van der Waals surface area contributed by atoms with Gasteiger partial charge in [-0.3, -0.25) is 15.5 Å². The van der Waals surface area contributed by atoms with E-state index in [1.807, 2.05) is 32.0 Å². The van der Waals surface area contributed by atoms with Crippen molar-refractivity contribution in [2.24, 2.45) is 5.10 Å². The fraction of sp³-hybridized carbons (Fsp3) is 0.350. The molecule has 2 aromatic carbocycles. The first-order valence-electron chi connectivity index (χ1n) is 9.28. The van der Waals surface area contributed by atoms with Crippen molar-refractivity contribution in [1.29, 1.82) is 0 Å². The summed E-state index contributed by atoms with van der Waals surface area (Å²) in [5.74, 6) is 0. The monoisotopic (exact) mass is 418 g/mol. The molecule has 0 amide bonds. The SMILES string of the molecule is CCN(CC)S(=O)(=O)c1cc([N+](=O)[O-])ccc1N/N=C(/C)c1ccc(C)c(C)c1. The number of hydrogen-bond donors (Lipinski definition) is 1. The highest BCUT2D eigenvalue weighted by Gasteiger charge is 2.27. The van der Waals surface area contributed by atoms with Crippen molar-refractivity contribution in [3.8, 4) is 0 Å². The minimum absolute atomic E-state index is 0.174. The Morgan fingerprint density at radius 3 is 2.31 bits per heavy atom. The smallest absolute Gasteiger partial charge is 0.270 e. The zero-order valence-corrected chi connectivity index (χ0v) is 18.1. The van der Waals surface area contributed by atoms with Gasteiger partial charge in [-0.2, -0.15) is 9.41 Å². The average molecular weight is 419 g/mol. The molecule has 9 heteroatoms. The van der Waals surface area contributed by atoms with E-state index in [9.17, 15) is 18.5 Å². The van der Waals surface area contributed by atoms with Gasteiger partial charge in [0, 0.05) is 25.2 Å². The third-order valence-electron chi connectivity index (χ3n) is 4.77. The number of nitro benzene ring substituents is 1. The van der Waals surface area contributed by atoms with E-state index < -0.39 is 14.9 Å². The number of hydrazone groups is 1. The fourth-order valence-electron chi connectivity index (χ4n) is 2.81. The molecule has 29 heavy (non-hydrogen) atoms. The number of hydrogen-bond acceptors (Lipinski definition) is 6. The van der Waals surface area contributed by atoms with E-state index in [4.69, 9.17) is 0 Å². The highest BCUT2D eigenvalue weighted by atomic mass is 32.2. The third kappa shape index (κ3) is 4.99. The zero-order chi connectivity index (χ0) is 21.8. The lowest BCUT2D eigenvalue weighted by Gasteiger charge is -2.20. The summed E-state index contributed by atoms with van der Waals surface area (Å²) in [6.45, 7) is 9.77. The molecule has 0 saturated heterocycles. The molecule has 0 saturated carbocycles. The van der Waals surface area contributed by atoms with Gasteiger partial charge in [-0.15, -0.1) is 0 Å². The van der Waals surface area contributed by atoms with Gasteiger partial charge in [0.2, 0.25) is 10.0 Å². The van der Waals surface area contributed by atoms with Gasteiger partial charge in [-0.05, 0) is 49.6 Å². The fourth-order valence-corrected chi connectivity index (χ4v) is 4.43. The number of sulfonamides is 1. The summed E-state index contributed by atoms with van der Waals surface area (Å²) in [7, 11) is -3.92. The number of non-ortho nitro benzene ring substituents is 1. The number of nitro groups is 1. The Morgan fingerprint density at radius 1 is 1.10 bits per heavy atom. The summed E-state index contributed by atoms with van der Waals surface area (Å²) in [5.41, 5.74) is 6.52. The molecule has 0 aliphatic carbocycles. The molecule has 0 unspecified atom stereocenters. The molecule has 0 aliphatic rings. The van der Waals surface area contributed by atoms with Crippen LogP contribution in [0.2, 0.25) is 0 Å². The van der Waals surface area contributed by atoms with Gasteiger partial charge in [0.25, 0.3) is 5.69 Å². The Kier molecular flexibility index (Phi) is 7.10. The Balaban J connectivity index is 2.49. The lowest BCUT2D eigenvalue weighted by molar-refractivity contribution is -0.385. The Morgan fingerprint density at radius 2 is 1.76 bits per heavy atom. The van der Waals surface area contributed by atoms with Crippen LogP contribution in [0, 0.1) is 24.0 Å². The highest BCUT2D eigenvalue weighted by Crippen LogP contribution is 2.29. The van der Waals surface area contributed by atoms with Gasteiger partial charge in [-0.1, -0.05) is 26.0 Å². The van der Waals surface area contributed by atoms with E-state index in [0.29, 0.717) is 5.71 Å². The minimum atomic E-state index is -3.92. The summed E-state index contributed by atoms with van der Waals surface area (Å²) in [6, 6.07) is 9.62. The van der Waals surface area contributed by atoms with Crippen LogP contribution in [0.5, 0.6) is 0 Å². The first kappa shape index (κ1) is 22.5. The van der Waals surface area contributed by atoms with Crippen LogP contribution in [0.1, 0.15) is 37.5 Å². The van der Waals surface area contributed by atoms with Crippen LogP contribution in [-0.2, 0) is 10.0 Å². The maximum absolute atomic E-state index is 13.0. The molecule has 0 fully saturated rings. The van der Waals surface area contributed by atoms with E-state index in [2.05, 4.69) is 10.5 Å². The predicted molar refractivity (Wildman–Crippen MR) is 115 cm³/mol. The van der Waals surface area contributed by atoms with Crippen LogP contribution < -0.4 is 5.43 Å². The molecule has 0 radical (unpaired) electrons. The van der Waals surface area contributed by atoms with Crippen LogP contribution in [0.15, 0.2) is 46.4 Å².